The zero-order chi connectivity index (χ0) is 22.5. The Morgan fingerprint density at radius 1 is 1.19 bits per heavy atom. The Kier molecular flexibility index (Phi) is 6.50. The zero-order valence-corrected chi connectivity index (χ0v) is 18.2. The normalized spacial score (nSPS) is 16.7. The molecule has 0 radical (unpaired) electrons. The van der Waals surface area contributed by atoms with Crippen LogP contribution < -0.4 is 10.1 Å². The average Bonchev–Trinajstić information content (AvgIpc) is 3.10. The first-order chi connectivity index (χ1) is 15.5. The van der Waals surface area contributed by atoms with E-state index < -0.39 is 0 Å². The monoisotopic (exact) mass is 437 g/mol. The molecule has 32 heavy (non-hydrogen) atoms. The highest BCUT2D eigenvalue weighted by Gasteiger charge is 2.16. The molecule has 1 aliphatic heterocycles. The SMILES string of the molecule is CN1CCOc2cccc(c2)N=Cc2c(O)[nH]c3ncnc(c23)NCCCN(C)C(=O)C1. The fraction of sp³-hybridized carbons (Fsp3) is 0.364. The van der Waals surface area contributed by atoms with E-state index in [1.807, 2.05) is 43.3 Å². The van der Waals surface area contributed by atoms with Gasteiger partial charge in [0.2, 0.25) is 5.91 Å². The first-order valence-electron chi connectivity index (χ1n) is 10.5. The Labute approximate surface area is 185 Å². The third-order valence-corrected chi connectivity index (χ3v) is 5.30. The van der Waals surface area contributed by atoms with Crippen molar-refractivity contribution in [3.8, 4) is 11.6 Å². The Morgan fingerprint density at radius 3 is 2.94 bits per heavy atom. The van der Waals surface area contributed by atoms with E-state index >= 15 is 0 Å². The highest BCUT2D eigenvalue weighted by Crippen LogP contribution is 2.30. The summed E-state index contributed by atoms with van der Waals surface area (Å²) in [5.74, 6) is 1.31. The van der Waals surface area contributed by atoms with Crippen molar-refractivity contribution in [1.29, 1.82) is 0 Å². The van der Waals surface area contributed by atoms with E-state index in [-0.39, 0.29) is 11.8 Å². The van der Waals surface area contributed by atoms with Crippen LogP contribution in [0.1, 0.15) is 12.0 Å². The van der Waals surface area contributed by atoms with Gasteiger partial charge < -0.3 is 25.0 Å². The molecule has 0 spiro atoms. The quantitative estimate of drug-likeness (QED) is 0.492. The number of aliphatic imine (C=N–C) groups is 1. The maximum absolute atomic E-state index is 12.5. The van der Waals surface area contributed by atoms with Crippen molar-refractivity contribution in [3.63, 3.8) is 0 Å². The number of anilines is 1. The van der Waals surface area contributed by atoms with Gasteiger partial charge in [0.05, 0.1) is 23.2 Å². The van der Waals surface area contributed by atoms with Gasteiger partial charge in [0, 0.05) is 39.0 Å². The summed E-state index contributed by atoms with van der Waals surface area (Å²) in [6, 6.07) is 7.40. The van der Waals surface area contributed by atoms with Crippen LogP contribution in [0.5, 0.6) is 11.6 Å². The number of fused-ring (bicyclic) bond motifs is 2. The number of carbonyl (C=O) groups excluding carboxylic acids is 1. The molecule has 1 aromatic carbocycles. The van der Waals surface area contributed by atoms with E-state index in [9.17, 15) is 9.90 Å². The lowest BCUT2D eigenvalue weighted by Crippen LogP contribution is -2.38. The highest BCUT2D eigenvalue weighted by molar-refractivity contribution is 6.06. The highest BCUT2D eigenvalue weighted by atomic mass is 16.5. The van der Waals surface area contributed by atoms with Gasteiger partial charge in [-0.2, -0.15) is 0 Å². The van der Waals surface area contributed by atoms with Gasteiger partial charge in [-0.05, 0) is 25.6 Å². The standard InChI is InChI=1S/C22H27N7O3/c1-28-9-10-32-16-6-3-5-15(11-16)24-12-17-19-20(25-14-26-21(19)27-22(17)31)23-7-4-8-29(2)18(30)13-28/h3,5-6,11-12,14,31H,4,7-10,13H2,1-2H3,(H2,23,25,26,27). The van der Waals surface area contributed by atoms with Crippen LogP contribution in [0.3, 0.4) is 0 Å². The number of ether oxygens (including phenoxy) is 1. The number of amides is 1. The van der Waals surface area contributed by atoms with Crippen LogP contribution in [0.2, 0.25) is 0 Å². The number of aromatic amines is 1. The number of hydrogen-bond donors (Lipinski definition) is 3. The summed E-state index contributed by atoms with van der Waals surface area (Å²) in [5.41, 5.74) is 1.70. The molecule has 2 aromatic heterocycles. The Morgan fingerprint density at radius 2 is 2.06 bits per heavy atom. The molecule has 3 aromatic rings. The number of rotatable bonds is 0. The molecule has 10 nitrogen and oxygen atoms in total. The second kappa shape index (κ2) is 9.65. The van der Waals surface area contributed by atoms with Gasteiger partial charge in [-0.3, -0.25) is 14.7 Å². The van der Waals surface area contributed by atoms with Gasteiger partial charge in [-0.15, -0.1) is 0 Å². The van der Waals surface area contributed by atoms with Gasteiger partial charge in [0.15, 0.2) is 5.88 Å². The number of likely N-dealkylation sites (N-methyl/N-ethyl adjacent to an activating group) is 2. The van der Waals surface area contributed by atoms with Gasteiger partial charge in [-0.1, -0.05) is 6.07 Å². The summed E-state index contributed by atoms with van der Waals surface area (Å²) < 4.78 is 5.84. The van der Waals surface area contributed by atoms with E-state index in [1.54, 1.807) is 11.1 Å². The topological polar surface area (TPSA) is 119 Å². The van der Waals surface area contributed by atoms with E-state index in [0.29, 0.717) is 66.6 Å². The minimum atomic E-state index is -0.0287. The fourth-order valence-electron chi connectivity index (χ4n) is 3.48. The lowest BCUT2D eigenvalue weighted by molar-refractivity contribution is -0.130. The second-order valence-electron chi connectivity index (χ2n) is 7.77. The molecular formula is C22H27N7O3. The van der Waals surface area contributed by atoms with Crippen molar-refractivity contribution >= 4 is 34.7 Å². The van der Waals surface area contributed by atoms with Crippen molar-refractivity contribution in [2.45, 2.75) is 6.42 Å². The number of H-pyrrole nitrogens is 1. The van der Waals surface area contributed by atoms with Crippen molar-refractivity contribution in [1.82, 2.24) is 24.8 Å². The van der Waals surface area contributed by atoms with Gasteiger partial charge >= 0.3 is 0 Å². The average molecular weight is 438 g/mol. The van der Waals surface area contributed by atoms with Crippen LogP contribution >= 0.6 is 0 Å². The summed E-state index contributed by atoms with van der Waals surface area (Å²) in [5, 5.41) is 14.4. The number of aromatic hydroxyl groups is 1. The van der Waals surface area contributed by atoms with Crippen LogP contribution in [-0.2, 0) is 4.79 Å². The van der Waals surface area contributed by atoms with Crippen molar-refractivity contribution in [2.75, 3.05) is 52.2 Å². The van der Waals surface area contributed by atoms with Crippen molar-refractivity contribution in [3.05, 3.63) is 36.2 Å². The minimum absolute atomic E-state index is 0.0287. The van der Waals surface area contributed by atoms with Crippen molar-refractivity contribution < 1.29 is 14.6 Å². The van der Waals surface area contributed by atoms with Gasteiger partial charge in [-0.25, -0.2) is 9.97 Å². The number of nitrogens with zero attached hydrogens (tertiary/aromatic N) is 5. The smallest absolute Gasteiger partial charge is 0.236 e. The largest absolute Gasteiger partial charge is 0.494 e. The molecule has 1 amide bonds. The Bertz CT molecular complexity index is 1130. The molecule has 0 saturated carbocycles. The zero-order valence-electron chi connectivity index (χ0n) is 18.2. The molecule has 3 heterocycles. The van der Waals surface area contributed by atoms with Crippen LogP contribution in [0.15, 0.2) is 35.6 Å². The molecule has 0 saturated heterocycles. The van der Waals surface area contributed by atoms with E-state index in [0.717, 1.165) is 6.42 Å². The number of hydrogen-bond acceptors (Lipinski definition) is 8. The minimum Gasteiger partial charge on any atom is -0.494 e. The number of nitrogens with one attached hydrogen (secondary N) is 2. The third kappa shape index (κ3) is 4.97. The summed E-state index contributed by atoms with van der Waals surface area (Å²) in [7, 11) is 3.71. The number of carbonyl (C=O) groups is 1. The van der Waals surface area contributed by atoms with Crippen LogP contribution in [-0.4, -0.2) is 88.9 Å². The summed E-state index contributed by atoms with van der Waals surface area (Å²) in [4.78, 5) is 32.1. The van der Waals surface area contributed by atoms with Crippen LogP contribution in [0, 0.1) is 0 Å². The summed E-state index contributed by atoms with van der Waals surface area (Å²) in [6.45, 7) is 2.63. The second-order valence-corrected chi connectivity index (χ2v) is 7.77. The van der Waals surface area contributed by atoms with Crippen LogP contribution in [0.25, 0.3) is 11.0 Å². The summed E-state index contributed by atoms with van der Waals surface area (Å²) >= 11 is 0. The molecule has 1 aliphatic rings. The van der Waals surface area contributed by atoms with Gasteiger partial charge in [0.25, 0.3) is 0 Å². The van der Waals surface area contributed by atoms with Crippen LogP contribution in [0.4, 0.5) is 11.5 Å². The first kappa shape index (κ1) is 21.6. The Hall–Kier alpha value is -3.66. The predicted octanol–water partition coefficient (Wildman–Crippen LogP) is 2.00. The van der Waals surface area contributed by atoms with Gasteiger partial charge in [0.1, 0.15) is 30.1 Å². The number of aromatic nitrogens is 3. The lowest BCUT2D eigenvalue weighted by atomic mass is 10.2. The predicted molar refractivity (Wildman–Crippen MR) is 123 cm³/mol. The molecule has 168 valence electrons. The maximum Gasteiger partial charge on any atom is 0.236 e. The molecule has 3 N–H and O–H groups in total. The lowest BCUT2D eigenvalue weighted by Gasteiger charge is -2.22. The van der Waals surface area contributed by atoms with E-state index in [2.05, 4.69) is 25.3 Å². The van der Waals surface area contributed by atoms with E-state index in [4.69, 9.17) is 4.74 Å². The molecule has 2 bridgehead atoms. The third-order valence-electron chi connectivity index (χ3n) is 5.30. The first-order valence-corrected chi connectivity index (χ1v) is 10.5. The molecule has 0 unspecified atom stereocenters. The molecule has 4 rings (SSSR count). The maximum atomic E-state index is 12.5. The molecule has 0 atom stereocenters. The molecular weight excluding hydrogens is 410 g/mol. The summed E-state index contributed by atoms with van der Waals surface area (Å²) in [6.07, 6.45) is 3.77. The molecule has 10 heteroatoms. The number of benzene rings is 1. The Balaban J connectivity index is 1.66. The van der Waals surface area contributed by atoms with E-state index in [1.165, 1.54) is 6.33 Å². The molecule has 0 aliphatic carbocycles. The molecule has 0 fully saturated rings. The fourth-order valence-corrected chi connectivity index (χ4v) is 3.48. The van der Waals surface area contributed by atoms with Crippen molar-refractivity contribution in [2.24, 2.45) is 4.99 Å².